The van der Waals surface area contributed by atoms with Crippen LogP contribution >= 0.6 is 0 Å². The van der Waals surface area contributed by atoms with Gasteiger partial charge in [0.15, 0.2) is 0 Å². The van der Waals surface area contributed by atoms with Gasteiger partial charge >= 0.3 is 0 Å². The number of para-hydroxylation sites is 1. The molecule has 4 nitrogen and oxygen atoms in total. The molecule has 1 atom stereocenters. The van der Waals surface area contributed by atoms with Crippen molar-refractivity contribution in [2.75, 3.05) is 33.3 Å². The smallest absolute Gasteiger partial charge is 0.225 e. The maximum absolute atomic E-state index is 12.0. The number of carbonyl (C=O) groups excluding carboxylic acids is 1. The molecule has 1 aromatic carbocycles. The van der Waals surface area contributed by atoms with Crippen LogP contribution in [0.1, 0.15) is 19.3 Å². The zero-order chi connectivity index (χ0) is 14.2. The number of hydrogen-bond donors (Lipinski definition) is 1. The van der Waals surface area contributed by atoms with E-state index in [1.807, 2.05) is 42.3 Å². The first-order chi connectivity index (χ1) is 9.75. The molecular formula is C16H24N2O2. The van der Waals surface area contributed by atoms with Crippen molar-refractivity contribution in [2.45, 2.75) is 19.3 Å². The molecule has 1 aromatic rings. The molecular weight excluding hydrogens is 252 g/mol. The fraction of sp³-hybridized carbons (Fsp3) is 0.562. The minimum Gasteiger partial charge on any atom is -0.493 e. The van der Waals surface area contributed by atoms with E-state index in [2.05, 4.69) is 5.32 Å². The second-order valence-electron chi connectivity index (χ2n) is 5.40. The molecule has 1 heterocycles. The van der Waals surface area contributed by atoms with Gasteiger partial charge in [-0.25, -0.2) is 0 Å². The van der Waals surface area contributed by atoms with Crippen LogP contribution in [0.25, 0.3) is 0 Å². The first-order valence-electron chi connectivity index (χ1n) is 7.38. The molecule has 0 aromatic heterocycles. The Morgan fingerprint density at radius 2 is 2.20 bits per heavy atom. The summed E-state index contributed by atoms with van der Waals surface area (Å²) in [5, 5.41) is 3.38. The molecule has 2 rings (SSSR count). The summed E-state index contributed by atoms with van der Waals surface area (Å²) >= 11 is 0. The number of amides is 1. The Labute approximate surface area is 121 Å². The monoisotopic (exact) mass is 276 g/mol. The summed E-state index contributed by atoms with van der Waals surface area (Å²) in [6, 6.07) is 9.62. The van der Waals surface area contributed by atoms with E-state index in [0.29, 0.717) is 18.9 Å². The van der Waals surface area contributed by atoms with Gasteiger partial charge in [-0.2, -0.15) is 0 Å². The number of nitrogens with zero attached hydrogens (tertiary/aromatic N) is 1. The van der Waals surface area contributed by atoms with Crippen LogP contribution in [0.15, 0.2) is 30.3 Å². The SMILES string of the molecule is CN(CC1CCCNC1)C(=O)CCOc1ccccc1. The number of rotatable bonds is 6. The van der Waals surface area contributed by atoms with E-state index in [9.17, 15) is 4.79 Å². The molecule has 0 spiro atoms. The Morgan fingerprint density at radius 1 is 1.40 bits per heavy atom. The Balaban J connectivity index is 1.65. The van der Waals surface area contributed by atoms with Gasteiger partial charge in [0.25, 0.3) is 0 Å². The molecule has 1 fully saturated rings. The van der Waals surface area contributed by atoms with E-state index >= 15 is 0 Å². The third-order valence-corrected chi connectivity index (χ3v) is 3.68. The van der Waals surface area contributed by atoms with Gasteiger partial charge in [-0.15, -0.1) is 0 Å². The van der Waals surface area contributed by atoms with Crippen molar-refractivity contribution in [3.05, 3.63) is 30.3 Å². The van der Waals surface area contributed by atoms with E-state index in [4.69, 9.17) is 4.74 Å². The quantitative estimate of drug-likeness (QED) is 0.863. The van der Waals surface area contributed by atoms with Gasteiger partial charge in [0.05, 0.1) is 13.0 Å². The van der Waals surface area contributed by atoms with Crippen molar-refractivity contribution in [1.82, 2.24) is 10.2 Å². The fourth-order valence-corrected chi connectivity index (χ4v) is 2.53. The zero-order valence-electron chi connectivity index (χ0n) is 12.2. The van der Waals surface area contributed by atoms with Crippen molar-refractivity contribution >= 4 is 5.91 Å². The normalized spacial score (nSPS) is 18.6. The minimum absolute atomic E-state index is 0.159. The maximum Gasteiger partial charge on any atom is 0.225 e. The number of nitrogens with one attached hydrogen (secondary N) is 1. The van der Waals surface area contributed by atoms with Crippen molar-refractivity contribution in [1.29, 1.82) is 0 Å². The molecule has 0 aliphatic carbocycles. The van der Waals surface area contributed by atoms with Crippen LogP contribution in [-0.2, 0) is 4.79 Å². The predicted molar refractivity (Wildman–Crippen MR) is 79.8 cm³/mol. The number of piperidine rings is 1. The van der Waals surface area contributed by atoms with Crippen molar-refractivity contribution in [3.8, 4) is 5.75 Å². The molecule has 110 valence electrons. The van der Waals surface area contributed by atoms with Crippen LogP contribution in [0.3, 0.4) is 0 Å². The van der Waals surface area contributed by atoms with Gasteiger partial charge in [0.1, 0.15) is 5.75 Å². The number of carbonyl (C=O) groups is 1. The van der Waals surface area contributed by atoms with Crippen LogP contribution in [0.4, 0.5) is 0 Å². The Hall–Kier alpha value is -1.55. The van der Waals surface area contributed by atoms with Gasteiger partial charge in [0, 0.05) is 13.6 Å². The van der Waals surface area contributed by atoms with Gasteiger partial charge in [-0.3, -0.25) is 4.79 Å². The lowest BCUT2D eigenvalue weighted by molar-refractivity contribution is -0.131. The highest BCUT2D eigenvalue weighted by Gasteiger charge is 2.17. The van der Waals surface area contributed by atoms with E-state index in [1.54, 1.807) is 0 Å². The summed E-state index contributed by atoms with van der Waals surface area (Å²) in [5.74, 6) is 1.57. The Morgan fingerprint density at radius 3 is 2.90 bits per heavy atom. The standard InChI is InChI=1S/C16H24N2O2/c1-18(13-14-6-5-10-17-12-14)16(19)9-11-20-15-7-3-2-4-8-15/h2-4,7-8,14,17H,5-6,9-13H2,1H3. The third kappa shape index (κ3) is 4.85. The van der Waals surface area contributed by atoms with Gasteiger partial charge < -0.3 is 15.0 Å². The lowest BCUT2D eigenvalue weighted by atomic mass is 9.99. The van der Waals surface area contributed by atoms with E-state index in [0.717, 1.165) is 25.4 Å². The van der Waals surface area contributed by atoms with Crippen LogP contribution in [0.5, 0.6) is 5.75 Å². The molecule has 0 saturated carbocycles. The first kappa shape index (κ1) is 14.9. The second kappa shape index (κ2) is 7.90. The summed E-state index contributed by atoms with van der Waals surface area (Å²) < 4.78 is 5.56. The second-order valence-corrected chi connectivity index (χ2v) is 5.40. The average molecular weight is 276 g/mol. The molecule has 1 aliphatic rings. The van der Waals surface area contributed by atoms with Crippen molar-refractivity contribution in [2.24, 2.45) is 5.92 Å². The van der Waals surface area contributed by atoms with Crippen LogP contribution in [-0.4, -0.2) is 44.1 Å². The molecule has 20 heavy (non-hydrogen) atoms. The largest absolute Gasteiger partial charge is 0.493 e. The summed E-state index contributed by atoms with van der Waals surface area (Å²) in [6.45, 7) is 3.42. The molecule has 1 N–H and O–H groups in total. The highest BCUT2D eigenvalue weighted by molar-refractivity contribution is 5.76. The fourth-order valence-electron chi connectivity index (χ4n) is 2.53. The van der Waals surface area contributed by atoms with Crippen molar-refractivity contribution < 1.29 is 9.53 Å². The topological polar surface area (TPSA) is 41.6 Å². The third-order valence-electron chi connectivity index (χ3n) is 3.68. The lowest BCUT2D eigenvalue weighted by Gasteiger charge is -2.27. The molecule has 1 unspecified atom stereocenters. The summed E-state index contributed by atoms with van der Waals surface area (Å²) in [5.41, 5.74) is 0. The molecule has 0 bridgehead atoms. The summed E-state index contributed by atoms with van der Waals surface area (Å²) in [7, 11) is 1.89. The molecule has 1 saturated heterocycles. The highest BCUT2D eigenvalue weighted by Crippen LogP contribution is 2.12. The number of ether oxygens (including phenoxy) is 1. The Bertz CT molecular complexity index is 402. The molecule has 1 amide bonds. The van der Waals surface area contributed by atoms with Gasteiger partial charge in [-0.05, 0) is 44.0 Å². The lowest BCUT2D eigenvalue weighted by Crippen LogP contribution is -2.39. The van der Waals surface area contributed by atoms with Crippen LogP contribution < -0.4 is 10.1 Å². The zero-order valence-corrected chi connectivity index (χ0v) is 12.2. The van der Waals surface area contributed by atoms with E-state index in [-0.39, 0.29) is 5.91 Å². The summed E-state index contributed by atoms with van der Waals surface area (Å²) in [4.78, 5) is 13.9. The van der Waals surface area contributed by atoms with Crippen LogP contribution in [0, 0.1) is 5.92 Å². The van der Waals surface area contributed by atoms with Crippen molar-refractivity contribution in [3.63, 3.8) is 0 Å². The highest BCUT2D eigenvalue weighted by atomic mass is 16.5. The van der Waals surface area contributed by atoms with Gasteiger partial charge in [0.2, 0.25) is 5.91 Å². The predicted octanol–water partition coefficient (Wildman–Crippen LogP) is 1.91. The van der Waals surface area contributed by atoms with E-state index < -0.39 is 0 Å². The molecule has 0 radical (unpaired) electrons. The van der Waals surface area contributed by atoms with E-state index in [1.165, 1.54) is 12.8 Å². The number of benzene rings is 1. The number of hydrogen-bond acceptors (Lipinski definition) is 3. The van der Waals surface area contributed by atoms with Crippen LogP contribution in [0.2, 0.25) is 0 Å². The Kier molecular flexibility index (Phi) is 5.87. The molecule has 4 heteroatoms. The van der Waals surface area contributed by atoms with Gasteiger partial charge in [-0.1, -0.05) is 18.2 Å². The summed E-state index contributed by atoms with van der Waals surface area (Å²) in [6.07, 6.45) is 2.86. The molecule has 1 aliphatic heterocycles. The first-order valence-corrected chi connectivity index (χ1v) is 7.38. The maximum atomic E-state index is 12.0. The average Bonchev–Trinajstić information content (AvgIpc) is 2.49. The minimum atomic E-state index is 0.159.